The third-order valence-electron chi connectivity index (χ3n) is 4.26. The number of imidazole rings is 1. The topological polar surface area (TPSA) is 63.0 Å². The maximum atomic E-state index is 9.41. The molecule has 1 atom stereocenters. The zero-order valence-electron chi connectivity index (χ0n) is 12.2. The fourth-order valence-corrected chi connectivity index (χ4v) is 3.05. The molecule has 5 nitrogen and oxygen atoms in total. The molecule has 0 radical (unpaired) electrons. The fraction of sp³-hybridized carbons (Fsp3) is 0.294. The molecule has 1 aliphatic heterocycles. The average molecular weight is 294 g/mol. The predicted octanol–water partition coefficient (Wildman–Crippen LogP) is 2.56. The van der Waals surface area contributed by atoms with Crippen LogP contribution in [0.2, 0.25) is 0 Å². The second-order valence-electron chi connectivity index (χ2n) is 5.80. The van der Waals surface area contributed by atoms with Gasteiger partial charge >= 0.3 is 0 Å². The number of aromatic nitrogens is 3. The van der Waals surface area contributed by atoms with E-state index in [2.05, 4.69) is 25.9 Å². The number of rotatable bonds is 3. The molecule has 4 rings (SSSR count). The van der Waals surface area contributed by atoms with E-state index >= 15 is 0 Å². The first-order chi connectivity index (χ1) is 10.8. The van der Waals surface area contributed by atoms with Gasteiger partial charge in [-0.25, -0.2) is 9.97 Å². The van der Waals surface area contributed by atoms with Crippen molar-refractivity contribution in [1.82, 2.24) is 19.9 Å². The van der Waals surface area contributed by atoms with Gasteiger partial charge in [-0.3, -0.25) is 0 Å². The average Bonchev–Trinajstić information content (AvgIpc) is 3.18. The summed E-state index contributed by atoms with van der Waals surface area (Å²) >= 11 is 0. The molecule has 1 aromatic carbocycles. The Morgan fingerprint density at radius 2 is 2.05 bits per heavy atom. The smallest absolute Gasteiger partial charge is 0.177 e. The molecule has 22 heavy (non-hydrogen) atoms. The van der Waals surface area contributed by atoms with E-state index in [1.807, 2.05) is 24.7 Å². The van der Waals surface area contributed by atoms with Crippen molar-refractivity contribution < 1.29 is 5.11 Å². The molecule has 3 heterocycles. The minimum Gasteiger partial charge on any atom is -0.508 e. The normalized spacial score (nSPS) is 18.1. The van der Waals surface area contributed by atoms with Crippen LogP contribution in [0, 0.1) is 0 Å². The summed E-state index contributed by atoms with van der Waals surface area (Å²) in [5.41, 5.74) is 3.91. The first-order valence-corrected chi connectivity index (χ1v) is 7.63. The van der Waals surface area contributed by atoms with E-state index in [9.17, 15) is 5.11 Å². The molecule has 1 fully saturated rings. The molecule has 0 amide bonds. The standard InChI is InChI=1S/C17H18N4O/c22-15-5-3-12(4-6-15)13-8-16-17(19-9-13)20-11-21(16)10-14-2-1-7-18-14/h3-6,8-9,11,14,18,22H,1-2,7,10H2. The lowest BCUT2D eigenvalue weighted by Gasteiger charge is -2.12. The number of fused-ring (bicyclic) bond motifs is 1. The maximum Gasteiger partial charge on any atom is 0.177 e. The Morgan fingerprint density at radius 1 is 1.18 bits per heavy atom. The molecule has 2 aromatic heterocycles. The number of nitrogens with zero attached hydrogens (tertiary/aromatic N) is 3. The summed E-state index contributed by atoms with van der Waals surface area (Å²) in [5.74, 6) is 0.273. The van der Waals surface area contributed by atoms with E-state index in [1.165, 1.54) is 12.8 Å². The predicted molar refractivity (Wildman–Crippen MR) is 85.7 cm³/mol. The lowest BCUT2D eigenvalue weighted by atomic mass is 10.1. The van der Waals surface area contributed by atoms with Gasteiger partial charge in [0.05, 0.1) is 11.8 Å². The molecular formula is C17H18N4O. The SMILES string of the molecule is Oc1ccc(-c2cnc3ncn(CC4CCCN4)c3c2)cc1. The summed E-state index contributed by atoms with van der Waals surface area (Å²) in [4.78, 5) is 8.85. The Balaban J connectivity index is 1.70. The Labute approximate surface area is 128 Å². The lowest BCUT2D eigenvalue weighted by molar-refractivity contribution is 0.475. The molecule has 0 spiro atoms. The molecule has 1 unspecified atom stereocenters. The van der Waals surface area contributed by atoms with Gasteiger partial charge in [0.2, 0.25) is 0 Å². The van der Waals surface area contributed by atoms with Gasteiger partial charge in [-0.2, -0.15) is 0 Å². The van der Waals surface area contributed by atoms with Crippen LogP contribution in [0.4, 0.5) is 0 Å². The monoisotopic (exact) mass is 294 g/mol. The number of hydrogen-bond donors (Lipinski definition) is 2. The van der Waals surface area contributed by atoms with Crippen LogP contribution in [0.3, 0.4) is 0 Å². The summed E-state index contributed by atoms with van der Waals surface area (Å²) in [5, 5.41) is 12.9. The fourth-order valence-electron chi connectivity index (χ4n) is 3.05. The van der Waals surface area contributed by atoms with Crippen molar-refractivity contribution in [1.29, 1.82) is 0 Å². The zero-order valence-corrected chi connectivity index (χ0v) is 12.2. The Bertz CT molecular complexity index is 788. The van der Waals surface area contributed by atoms with Gasteiger partial charge in [-0.15, -0.1) is 0 Å². The number of benzene rings is 1. The summed E-state index contributed by atoms with van der Waals surface area (Å²) in [6.45, 7) is 2.03. The van der Waals surface area contributed by atoms with E-state index in [0.717, 1.165) is 35.4 Å². The van der Waals surface area contributed by atoms with Crippen LogP contribution in [0.1, 0.15) is 12.8 Å². The number of aromatic hydroxyl groups is 1. The largest absolute Gasteiger partial charge is 0.508 e. The van der Waals surface area contributed by atoms with Gasteiger partial charge < -0.3 is 15.0 Å². The van der Waals surface area contributed by atoms with Crippen LogP contribution in [0.25, 0.3) is 22.3 Å². The molecule has 2 N–H and O–H groups in total. The molecule has 1 aliphatic rings. The van der Waals surface area contributed by atoms with Gasteiger partial charge in [0.1, 0.15) is 5.75 Å². The van der Waals surface area contributed by atoms with E-state index in [-0.39, 0.29) is 5.75 Å². The third-order valence-corrected chi connectivity index (χ3v) is 4.26. The first kappa shape index (κ1) is 13.3. The van der Waals surface area contributed by atoms with Crippen molar-refractivity contribution >= 4 is 11.2 Å². The van der Waals surface area contributed by atoms with Gasteiger partial charge in [-0.05, 0) is 43.1 Å². The Morgan fingerprint density at radius 3 is 2.82 bits per heavy atom. The highest BCUT2D eigenvalue weighted by Gasteiger charge is 2.16. The van der Waals surface area contributed by atoms with Crippen molar-refractivity contribution in [3.8, 4) is 16.9 Å². The van der Waals surface area contributed by atoms with Gasteiger partial charge in [0.25, 0.3) is 0 Å². The number of phenols is 1. The van der Waals surface area contributed by atoms with Crippen LogP contribution in [0.15, 0.2) is 42.9 Å². The van der Waals surface area contributed by atoms with Crippen molar-refractivity contribution in [2.24, 2.45) is 0 Å². The highest BCUT2D eigenvalue weighted by Crippen LogP contribution is 2.24. The van der Waals surface area contributed by atoms with Gasteiger partial charge in [-0.1, -0.05) is 12.1 Å². The maximum absolute atomic E-state index is 9.41. The number of nitrogens with one attached hydrogen (secondary N) is 1. The summed E-state index contributed by atoms with van der Waals surface area (Å²) in [6.07, 6.45) is 6.16. The highest BCUT2D eigenvalue weighted by atomic mass is 16.3. The number of hydrogen-bond acceptors (Lipinski definition) is 4. The van der Waals surface area contributed by atoms with Crippen LogP contribution >= 0.6 is 0 Å². The third kappa shape index (κ3) is 2.44. The summed E-state index contributed by atoms with van der Waals surface area (Å²) in [7, 11) is 0. The molecule has 5 heteroatoms. The van der Waals surface area contributed by atoms with Crippen LogP contribution < -0.4 is 5.32 Å². The summed E-state index contributed by atoms with van der Waals surface area (Å²) in [6, 6.07) is 9.83. The molecule has 0 bridgehead atoms. The van der Waals surface area contributed by atoms with Crippen molar-refractivity contribution in [3.63, 3.8) is 0 Å². The minimum atomic E-state index is 0.273. The first-order valence-electron chi connectivity index (χ1n) is 7.63. The van der Waals surface area contributed by atoms with Gasteiger partial charge in [0, 0.05) is 24.3 Å². The van der Waals surface area contributed by atoms with Crippen LogP contribution in [0.5, 0.6) is 5.75 Å². The van der Waals surface area contributed by atoms with Crippen LogP contribution in [-0.4, -0.2) is 32.2 Å². The minimum absolute atomic E-state index is 0.273. The highest BCUT2D eigenvalue weighted by molar-refractivity contribution is 5.78. The second kappa shape index (κ2) is 5.42. The zero-order chi connectivity index (χ0) is 14.9. The Hall–Kier alpha value is -2.40. The van der Waals surface area contributed by atoms with Crippen LogP contribution in [-0.2, 0) is 6.54 Å². The molecular weight excluding hydrogens is 276 g/mol. The number of pyridine rings is 1. The van der Waals surface area contributed by atoms with E-state index in [1.54, 1.807) is 12.1 Å². The van der Waals surface area contributed by atoms with E-state index in [4.69, 9.17) is 0 Å². The Kier molecular flexibility index (Phi) is 3.27. The summed E-state index contributed by atoms with van der Waals surface area (Å²) < 4.78 is 2.18. The quantitative estimate of drug-likeness (QED) is 0.779. The van der Waals surface area contributed by atoms with E-state index < -0.39 is 0 Å². The van der Waals surface area contributed by atoms with Gasteiger partial charge in [0.15, 0.2) is 5.65 Å². The molecule has 3 aromatic rings. The molecule has 1 saturated heterocycles. The lowest BCUT2D eigenvalue weighted by Crippen LogP contribution is -2.26. The molecule has 0 aliphatic carbocycles. The number of phenolic OH excluding ortho intramolecular Hbond substituents is 1. The second-order valence-corrected chi connectivity index (χ2v) is 5.80. The van der Waals surface area contributed by atoms with E-state index in [0.29, 0.717) is 6.04 Å². The van der Waals surface area contributed by atoms with Crippen molar-refractivity contribution in [2.75, 3.05) is 6.54 Å². The molecule has 0 saturated carbocycles. The molecule has 112 valence electrons. The van der Waals surface area contributed by atoms with Crippen molar-refractivity contribution in [3.05, 3.63) is 42.9 Å². The van der Waals surface area contributed by atoms with Crippen molar-refractivity contribution in [2.45, 2.75) is 25.4 Å².